The van der Waals surface area contributed by atoms with E-state index >= 15 is 0 Å². The highest BCUT2D eigenvalue weighted by atomic mass is 16.5. The molecule has 4 fully saturated rings. The van der Waals surface area contributed by atoms with Crippen molar-refractivity contribution in [3.05, 3.63) is 0 Å². The molecule has 4 aliphatic carbocycles. The van der Waals surface area contributed by atoms with E-state index in [1.807, 2.05) is 0 Å². The first-order valence-corrected chi connectivity index (χ1v) is 13.6. The second-order valence-corrected chi connectivity index (χ2v) is 13.2. The van der Waals surface area contributed by atoms with Crippen molar-refractivity contribution < 1.29 is 28.7 Å². The van der Waals surface area contributed by atoms with Crippen LogP contribution in [0.25, 0.3) is 0 Å². The molecule has 0 heterocycles. The van der Waals surface area contributed by atoms with Gasteiger partial charge in [0.05, 0.1) is 7.11 Å². The maximum absolute atomic E-state index is 14.0. The summed E-state index contributed by atoms with van der Waals surface area (Å²) in [6, 6.07) is 0. The lowest BCUT2D eigenvalue weighted by atomic mass is 9.40. The summed E-state index contributed by atoms with van der Waals surface area (Å²) in [5.41, 5.74) is -0.816. The van der Waals surface area contributed by atoms with Gasteiger partial charge in [-0.1, -0.05) is 34.6 Å². The van der Waals surface area contributed by atoms with Gasteiger partial charge in [0, 0.05) is 43.4 Å². The van der Waals surface area contributed by atoms with E-state index in [0.29, 0.717) is 31.1 Å². The zero-order valence-corrected chi connectivity index (χ0v) is 22.6. The van der Waals surface area contributed by atoms with E-state index in [2.05, 4.69) is 34.6 Å². The number of rotatable bonds is 5. The molecule has 0 saturated heterocycles. The minimum Gasteiger partial charge on any atom is -0.469 e. The van der Waals surface area contributed by atoms with E-state index in [-0.39, 0.29) is 69.5 Å². The molecule has 0 aromatic rings. The Morgan fingerprint density at radius 1 is 1.03 bits per heavy atom. The minimum absolute atomic E-state index is 0.0198. The van der Waals surface area contributed by atoms with E-state index in [9.17, 15) is 19.2 Å². The number of hydrogen-bond acceptors (Lipinski definition) is 6. The topological polar surface area (TPSA) is 86.7 Å². The summed E-state index contributed by atoms with van der Waals surface area (Å²) in [6.07, 6.45) is 5.44. The molecule has 0 aromatic carbocycles. The Labute approximate surface area is 210 Å². The largest absolute Gasteiger partial charge is 0.469 e. The Morgan fingerprint density at radius 3 is 2.34 bits per heavy atom. The lowest BCUT2D eigenvalue weighted by Crippen LogP contribution is -2.64. The molecule has 9 atom stereocenters. The molecule has 35 heavy (non-hydrogen) atoms. The van der Waals surface area contributed by atoms with E-state index in [4.69, 9.17) is 9.47 Å². The van der Waals surface area contributed by atoms with Crippen molar-refractivity contribution in [2.75, 3.05) is 7.11 Å². The fraction of sp³-hybridized carbons (Fsp3) is 0.862. The van der Waals surface area contributed by atoms with Crippen LogP contribution in [-0.4, -0.2) is 36.7 Å². The van der Waals surface area contributed by atoms with Crippen LogP contribution < -0.4 is 0 Å². The van der Waals surface area contributed by atoms with Gasteiger partial charge in [-0.2, -0.15) is 0 Å². The number of methoxy groups -OCH3 is 1. The van der Waals surface area contributed by atoms with Gasteiger partial charge in [0.2, 0.25) is 0 Å². The van der Waals surface area contributed by atoms with Gasteiger partial charge in [0.15, 0.2) is 0 Å². The predicted octanol–water partition coefficient (Wildman–Crippen LogP) is 5.16. The number of hydrogen-bond donors (Lipinski definition) is 0. The first-order valence-electron chi connectivity index (χ1n) is 13.6. The monoisotopic (exact) mass is 488 g/mol. The Bertz CT molecular complexity index is 907. The van der Waals surface area contributed by atoms with Gasteiger partial charge in [-0.15, -0.1) is 0 Å². The van der Waals surface area contributed by atoms with Crippen LogP contribution in [0, 0.1) is 51.8 Å². The molecule has 6 nitrogen and oxygen atoms in total. The van der Waals surface area contributed by atoms with Crippen LogP contribution >= 0.6 is 0 Å². The van der Waals surface area contributed by atoms with E-state index in [1.165, 1.54) is 14.0 Å². The van der Waals surface area contributed by atoms with E-state index in [1.54, 1.807) is 0 Å². The molecule has 6 heteroatoms. The van der Waals surface area contributed by atoms with Crippen LogP contribution in [0.4, 0.5) is 0 Å². The summed E-state index contributed by atoms with van der Waals surface area (Å²) in [6.45, 7) is 12.3. The lowest BCUT2D eigenvalue weighted by molar-refractivity contribution is -0.197. The van der Waals surface area contributed by atoms with Gasteiger partial charge >= 0.3 is 11.9 Å². The third-order valence-electron chi connectivity index (χ3n) is 11.2. The number of ketones is 2. The lowest BCUT2D eigenvalue weighted by Gasteiger charge is -2.63. The zero-order chi connectivity index (χ0) is 25.9. The fourth-order valence-corrected chi connectivity index (χ4v) is 9.51. The molecular formula is C29H44O6. The van der Waals surface area contributed by atoms with Gasteiger partial charge in [-0.05, 0) is 66.6 Å². The van der Waals surface area contributed by atoms with Crippen LogP contribution in [0.2, 0.25) is 0 Å². The summed E-state index contributed by atoms with van der Waals surface area (Å²) < 4.78 is 10.5. The molecule has 0 amide bonds. The summed E-state index contributed by atoms with van der Waals surface area (Å²) in [7, 11) is 1.42. The quantitative estimate of drug-likeness (QED) is 0.497. The molecule has 0 N–H and O–H groups in total. The third kappa shape index (κ3) is 4.07. The van der Waals surface area contributed by atoms with Crippen molar-refractivity contribution in [2.45, 2.75) is 99.0 Å². The number of carbonyl (C=O) groups excluding carboxylic acids is 4. The maximum atomic E-state index is 14.0. The Kier molecular flexibility index (Phi) is 6.77. The molecule has 4 saturated carbocycles. The average molecular weight is 489 g/mol. The van der Waals surface area contributed by atoms with Crippen LogP contribution in [0.5, 0.6) is 0 Å². The molecule has 0 aromatic heterocycles. The number of ether oxygens (including phenoxy) is 2. The van der Waals surface area contributed by atoms with Gasteiger partial charge in [-0.25, -0.2) is 0 Å². The van der Waals surface area contributed by atoms with Gasteiger partial charge in [-0.3, -0.25) is 19.2 Å². The Hall–Kier alpha value is -1.72. The standard InChI is InChI=1S/C29H44O6/c1-16(8-11-24(33)34-7)18-9-10-19-25-20(31)14-22-27(3,4)23(35-17(2)30)12-13-28(22,5)26(25)21(32)15-29(18,19)6/h16,18-19,22-23,25-26H,8-15H2,1-7H3/t16?,18?,19?,22?,23?,25?,26?,28-,29+/m0/s1. The second-order valence-electron chi connectivity index (χ2n) is 13.2. The Morgan fingerprint density at radius 2 is 1.71 bits per heavy atom. The minimum atomic E-state index is -0.360. The maximum Gasteiger partial charge on any atom is 0.305 e. The van der Waals surface area contributed by atoms with Crippen molar-refractivity contribution in [2.24, 2.45) is 51.8 Å². The molecular weight excluding hydrogens is 444 g/mol. The summed E-state index contributed by atoms with van der Waals surface area (Å²) in [4.78, 5) is 51.4. The normalized spacial score (nSPS) is 42.9. The molecule has 196 valence electrons. The number of Topliss-reactive ketones (excluding diaryl/α,β-unsaturated/α-hetero) is 2. The van der Waals surface area contributed by atoms with Crippen LogP contribution in [0.3, 0.4) is 0 Å². The average Bonchev–Trinajstić information content (AvgIpc) is 3.11. The molecule has 4 rings (SSSR count). The van der Waals surface area contributed by atoms with Crippen LogP contribution in [0.1, 0.15) is 92.9 Å². The fourth-order valence-electron chi connectivity index (χ4n) is 9.51. The van der Waals surface area contributed by atoms with Crippen molar-refractivity contribution in [3.63, 3.8) is 0 Å². The SMILES string of the molecule is COC(=O)CCC(C)C1CCC2C3C(=O)CC4C(C)(C)C(OC(C)=O)CC[C@]4(C)C3C(=O)C[C@]12C. The van der Waals surface area contributed by atoms with Gasteiger partial charge in [0.25, 0.3) is 0 Å². The molecule has 0 bridgehead atoms. The second kappa shape index (κ2) is 8.99. The third-order valence-corrected chi connectivity index (χ3v) is 11.2. The number of carbonyl (C=O) groups is 4. The molecule has 7 unspecified atom stereocenters. The summed E-state index contributed by atoms with van der Waals surface area (Å²) >= 11 is 0. The van der Waals surface area contributed by atoms with E-state index in [0.717, 1.165) is 32.1 Å². The molecule has 0 aliphatic heterocycles. The first kappa shape index (κ1) is 26.3. The van der Waals surface area contributed by atoms with Crippen molar-refractivity contribution >= 4 is 23.5 Å². The highest BCUT2D eigenvalue weighted by Gasteiger charge is 2.68. The smallest absolute Gasteiger partial charge is 0.305 e. The van der Waals surface area contributed by atoms with Gasteiger partial charge in [0.1, 0.15) is 17.7 Å². The van der Waals surface area contributed by atoms with Crippen molar-refractivity contribution in [1.29, 1.82) is 0 Å². The van der Waals surface area contributed by atoms with E-state index < -0.39 is 0 Å². The van der Waals surface area contributed by atoms with Crippen LogP contribution in [0.15, 0.2) is 0 Å². The zero-order valence-electron chi connectivity index (χ0n) is 22.6. The summed E-state index contributed by atoms with van der Waals surface area (Å²) in [5, 5.41) is 0. The summed E-state index contributed by atoms with van der Waals surface area (Å²) in [5.74, 6) is 0.435. The highest BCUT2D eigenvalue weighted by molar-refractivity contribution is 5.94. The predicted molar refractivity (Wildman–Crippen MR) is 131 cm³/mol. The van der Waals surface area contributed by atoms with Crippen LogP contribution in [-0.2, 0) is 28.7 Å². The molecule has 0 spiro atoms. The van der Waals surface area contributed by atoms with Gasteiger partial charge < -0.3 is 9.47 Å². The first-order chi connectivity index (χ1) is 16.3. The van der Waals surface area contributed by atoms with Crippen molar-refractivity contribution in [3.8, 4) is 0 Å². The molecule has 0 radical (unpaired) electrons. The van der Waals surface area contributed by atoms with Crippen molar-refractivity contribution in [1.82, 2.24) is 0 Å². The number of fused-ring (bicyclic) bond motifs is 5. The highest BCUT2D eigenvalue weighted by Crippen LogP contribution is 2.68. The number of esters is 2. The Balaban J connectivity index is 1.62. The molecule has 4 aliphatic rings.